The fourth-order valence-corrected chi connectivity index (χ4v) is 3.39. The van der Waals surface area contributed by atoms with Crippen LogP contribution in [0.2, 0.25) is 5.02 Å². The molecule has 0 bridgehead atoms. The summed E-state index contributed by atoms with van der Waals surface area (Å²) in [6, 6.07) is 15.3. The number of carbonyl (C=O) groups is 1. The standard InChI is InChI=1S/C21H25ClN2O2/c1-15-13-24(10-11-26-15)14-17-6-8-18(9-7-17)21(25)23-16(2)19-4-3-5-20(22)12-19/h3-9,12,15-16H,10-11,13-14H2,1-2H3,(H,23,25)/t15-,16+/m0/s1. The molecule has 1 saturated heterocycles. The van der Waals surface area contributed by atoms with Gasteiger partial charge in [0.1, 0.15) is 0 Å². The van der Waals surface area contributed by atoms with Gasteiger partial charge in [0.2, 0.25) is 0 Å². The first kappa shape index (κ1) is 18.9. The van der Waals surface area contributed by atoms with Crippen molar-refractivity contribution in [2.45, 2.75) is 32.5 Å². The summed E-state index contributed by atoms with van der Waals surface area (Å²) in [6.07, 6.45) is 0.279. The van der Waals surface area contributed by atoms with Crippen LogP contribution in [0.1, 0.15) is 41.4 Å². The molecule has 1 heterocycles. The van der Waals surface area contributed by atoms with E-state index in [-0.39, 0.29) is 18.1 Å². The molecule has 1 N–H and O–H groups in total. The molecule has 1 aliphatic rings. The molecule has 2 atom stereocenters. The Kier molecular flexibility index (Phi) is 6.30. The number of nitrogens with zero attached hydrogens (tertiary/aromatic N) is 1. The molecule has 0 aromatic heterocycles. The number of halogens is 1. The Morgan fingerprint density at radius 2 is 2.08 bits per heavy atom. The van der Waals surface area contributed by atoms with Gasteiger partial charge in [0.05, 0.1) is 18.8 Å². The lowest BCUT2D eigenvalue weighted by atomic mass is 10.1. The van der Waals surface area contributed by atoms with Crippen LogP contribution in [0.25, 0.3) is 0 Å². The fraction of sp³-hybridized carbons (Fsp3) is 0.381. The summed E-state index contributed by atoms with van der Waals surface area (Å²) < 4.78 is 5.57. The van der Waals surface area contributed by atoms with Gasteiger partial charge >= 0.3 is 0 Å². The maximum Gasteiger partial charge on any atom is 0.251 e. The van der Waals surface area contributed by atoms with E-state index in [0.29, 0.717) is 10.6 Å². The first-order chi connectivity index (χ1) is 12.5. The van der Waals surface area contributed by atoms with Gasteiger partial charge in [-0.15, -0.1) is 0 Å². The van der Waals surface area contributed by atoms with Crippen molar-refractivity contribution < 1.29 is 9.53 Å². The highest BCUT2D eigenvalue weighted by Crippen LogP contribution is 2.18. The van der Waals surface area contributed by atoms with Gasteiger partial charge < -0.3 is 10.1 Å². The van der Waals surface area contributed by atoms with Gasteiger partial charge in [-0.1, -0.05) is 35.9 Å². The van der Waals surface area contributed by atoms with E-state index in [9.17, 15) is 4.79 Å². The molecule has 26 heavy (non-hydrogen) atoms. The van der Waals surface area contributed by atoms with Crippen molar-refractivity contribution in [1.29, 1.82) is 0 Å². The van der Waals surface area contributed by atoms with Crippen LogP contribution < -0.4 is 5.32 Å². The van der Waals surface area contributed by atoms with Crippen LogP contribution in [0.4, 0.5) is 0 Å². The molecule has 2 aromatic rings. The number of nitrogens with one attached hydrogen (secondary N) is 1. The molecule has 1 aliphatic heterocycles. The van der Waals surface area contributed by atoms with Gasteiger partial charge in [0, 0.05) is 30.2 Å². The van der Waals surface area contributed by atoms with Gasteiger partial charge in [0.25, 0.3) is 5.91 Å². The quantitative estimate of drug-likeness (QED) is 0.860. The number of hydrogen-bond donors (Lipinski definition) is 1. The second-order valence-electron chi connectivity index (χ2n) is 6.86. The van der Waals surface area contributed by atoms with E-state index in [2.05, 4.69) is 17.1 Å². The minimum Gasteiger partial charge on any atom is -0.376 e. The molecule has 3 rings (SSSR count). The predicted molar refractivity (Wildman–Crippen MR) is 104 cm³/mol. The summed E-state index contributed by atoms with van der Waals surface area (Å²) in [5, 5.41) is 3.69. The average molecular weight is 373 g/mol. The Bertz CT molecular complexity index is 748. The number of carbonyl (C=O) groups excluding carboxylic acids is 1. The molecule has 1 fully saturated rings. The number of morpholine rings is 1. The number of ether oxygens (including phenoxy) is 1. The highest BCUT2D eigenvalue weighted by molar-refractivity contribution is 6.30. The van der Waals surface area contributed by atoms with Crippen molar-refractivity contribution in [1.82, 2.24) is 10.2 Å². The Labute approximate surface area is 160 Å². The summed E-state index contributed by atoms with van der Waals surface area (Å²) in [5.74, 6) is -0.0796. The highest BCUT2D eigenvalue weighted by Gasteiger charge is 2.17. The summed E-state index contributed by atoms with van der Waals surface area (Å²) >= 11 is 6.02. The van der Waals surface area contributed by atoms with Crippen molar-refractivity contribution >= 4 is 17.5 Å². The molecule has 0 aliphatic carbocycles. The van der Waals surface area contributed by atoms with Crippen molar-refractivity contribution in [2.24, 2.45) is 0 Å². The first-order valence-corrected chi connectivity index (χ1v) is 9.38. The molecular weight excluding hydrogens is 348 g/mol. The molecule has 5 heteroatoms. The first-order valence-electron chi connectivity index (χ1n) is 9.00. The molecule has 0 saturated carbocycles. The molecule has 0 radical (unpaired) electrons. The lowest BCUT2D eigenvalue weighted by molar-refractivity contribution is -0.0212. The molecule has 1 amide bonds. The zero-order valence-corrected chi connectivity index (χ0v) is 16.0. The van der Waals surface area contributed by atoms with Crippen molar-refractivity contribution in [3.8, 4) is 0 Å². The normalized spacial score (nSPS) is 19.1. The van der Waals surface area contributed by atoms with E-state index in [4.69, 9.17) is 16.3 Å². The lowest BCUT2D eigenvalue weighted by Gasteiger charge is -2.31. The summed E-state index contributed by atoms with van der Waals surface area (Å²) in [4.78, 5) is 14.9. The maximum absolute atomic E-state index is 12.5. The Hall–Kier alpha value is -1.88. The van der Waals surface area contributed by atoms with Crippen molar-refractivity contribution in [3.63, 3.8) is 0 Å². The Morgan fingerprint density at radius 3 is 2.77 bits per heavy atom. The minimum absolute atomic E-state index is 0.0796. The van der Waals surface area contributed by atoms with Crippen LogP contribution >= 0.6 is 11.6 Å². The van der Waals surface area contributed by atoms with Crippen LogP contribution in [0, 0.1) is 0 Å². The third kappa shape index (κ3) is 5.07. The van der Waals surface area contributed by atoms with Crippen LogP contribution in [-0.4, -0.2) is 36.6 Å². The highest BCUT2D eigenvalue weighted by atomic mass is 35.5. The van der Waals surface area contributed by atoms with Gasteiger partial charge in [0.15, 0.2) is 0 Å². The van der Waals surface area contributed by atoms with E-state index < -0.39 is 0 Å². The summed E-state index contributed by atoms with van der Waals surface area (Å²) in [6.45, 7) is 7.61. The lowest BCUT2D eigenvalue weighted by Crippen LogP contribution is -2.40. The van der Waals surface area contributed by atoms with Crippen LogP contribution in [0.5, 0.6) is 0 Å². The van der Waals surface area contributed by atoms with Crippen molar-refractivity contribution in [2.75, 3.05) is 19.7 Å². The number of hydrogen-bond acceptors (Lipinski definition) is 3. The van der Waals surface area contributed by atoms with E-state index >= 15 is 0 Å². The molecule has 0 spiro atoms. The SMILES string of the molecule is C[C@H]1CN(Cc2ccc(C(=O)N[C@H](C)c3cccc(Cl)c3)cc2)CCO1. The van der Waals surface area contributed by atoms with Gasteiger partial charge in [-0.3, -0.25) is 9.69 Å². The molecular formula is C21H25ClN2O2. The van der Waals surface area contributed by atoms with Crippen LogP contribution in [-0.2, 0) is 11.3 Å². The van der Waals surface area contributed by atoms with E-state index in [1.54, 1.807) is 0 Å². The number of amides is 1. The second-order valence-corrected chi connectivity index (χ2v) is 7.30. The van der Waals surface area contributed by atoms with Gasteiger partial charge in [-0.2, -0.15) is 0 Å². The maximum atomic E-state index is 12.5. The van der Waals surface area contributed by atoms with Gasteiger partial charge in [-0.05, 0) is 49.2 Å². The topological polar surface area (TPSA) is 41.6 Å². The fourth-order valence-electron chi connectivity index (χ4n) is 3.19. The Morgan fingerprint density at radius 1 is 1.31 bits per heavy atom. The van der Waals surface area contributed by atoms with Gasteiger partial charge in [-0.25, -0.2) is 0 Å². The van der Waals surface area contributed by atoms with Crippen LogP contribution in [0.3, 0.4) is 0 Å². The summed E-state index contributed by atoms with van der Waals surface area (Å²) in [5.41, 5.74) is 2.86. The monoisotopic (exact) mass is 372 g/mol. The molecule has 4 nitrogen and oxygen atoms in total. The van der Waals surface area contributed by atoms with Crippen LogP contribution in [0.15, 0.2) is 48.5 Å². The largest absolute Gasteiger partial charge is 0.376 e. The third-order valence-corrected chi connectivity index (χ3v) is 4.88. The van der Waals surface area contributed by atoms with E-state index in [0.717, 1.165) is 31.8 Å². The number of rotatable bonds is 5. The molecule has 2 aromatic carbocycles. The van der Waals surface area contributed by atoms with E-state index in [1.807, 2.05) is 55.5 Å². The zero-order valence-electron chi connectivity index (χ0n) is 15.2. The van der Waals surface area contributed by atoms with E-state index in [1.165, 1.54) is 5.56 Å². The minimum atomic E-state index is -0.101. The second kappa shape index (κ2) is 8.67. The Balaban J connectivity index is 1.58. The summed E-state index contributed by atoms with van der Waals surface area (Å²) in [7, 11) is 0. The average Bonchev–Trinajstić information content (AvgIpc) is 2.62. The smallest absolute Gasteiger partial charge is 0.251 e. The molecule has 138 valence electrons. The number of benzene rings is 2. The predicted octanol–water partition coefficient (Wildman–Crippen LogP) is 4.05. The zero-order chi connectivity index (χ0) is 18.5. The third-order valence-electron chi connectivity index (χ3n) is 4.64. The van der Waals surface area contributed by atoms with Crippen molar-refractivity contribution in [3.05, 3.63) is 70.2 Å². The molecule has 0 unspecified atom stereocenters.